The van der Waals surface area contributed by atoms with Crippen molar-refractivity contribution in [1.82, 2.24) is 20.5 Å². The number of aromatic nitrogens is 3. The van der Waals surface area contributed by atoms with Gasteiger partial charge < -0.3 is 20.7 Å². The number of carbonyl (C=O) groups is 1. The summed E-state index contributed by atoms with van der Waals surface area (Å²) in [6.07, 6.45) is 3.41. The normalized spacial score (nSPS) is 10.2. The fourth-order valence-electron chi connectivity index (χ4n) is 2.38. The lowest BCUT2D eigenvalue weighted by atomic mass is 10.2. The molecule has 0 radical (unpaired) electrons. The van der Waals surface area contributed by atoms with Crippen LogP contribution in [-0.2, 0) is 4.79 Å². The molecule has 0 unspecified atom stereocenters. The third-order valence-corrected chi connectivity index (χ3v) is 3.80. The van der Waals surface area contributed by atoms with E-state index in [0.717, 1.165) is 11.3 Å². The number of nitrogens with zero attached hydrogens (tertiary/aromatic N) is 3. The lowest BCUT2D eigenvalue weighted by molar-refractivity contribution is -0.123. The third kappa shape index (κ3) is 5.94. The highest BCUT2D eigenvalue weighted by Gasteiger charge is 2.04. The Kier molecular flexibility index (Phi) is 6.73. The van der Waals surface area contributed by atoms with Gasteiger partial charge in [-0.05, 0) is 42.8 Å². The molecule has 8 nitrogen and oxygen atoms in total. The van der Waals surface area contributed by atoms with E-state index >= 15 is 0 Å². The lowest BCUT2D eigenvalue weighted by Crippen LogP contribution is -2.32. The van der Waals surface area contributed by atoms with Crippen LogP contribution in [0.3, 0.4) is 0 Å². The maximum absolute atomic E-state index is 11.9. The van der Waals surface area contributed by atoms with Crippen molar-refractivity contribution < 1.29 is 9.53 Å². The van der Waals surface area contributed by atoms with Crippen LogP contribution in [0.5, 0.6) is 5.75 Å². The number of para-hydroxylation sites is 1. The zero-order valence-corrected chi connectivity index (χ0v) is 15.6. The number of benzene rings is 1. The summed E-state index contributed by atoms with van der Waals surface area (Å²) >= 11 is 0. The fourth-order valence-corrected chi connectivity index (χ4v) is 2.38. The van der Waals surface area contributed by atoms with Crippen molar-refractivity contribution in [2.75, 3.05) is 30.3 Å². The standard InChI is InChI=1S/C20H22N6O2/c1-15-5-2-3-7-17(15)28-14-20(27)23-12-11-22-18-8-9-19(26-25-18)24-16-6-4-10-21-13-16/h2-10,13H,11-12,14H2,1H3,(H,22,25)(H,23,27)(H,24,26). The largest absolute Gasteiger partial charge is 0.484 e. The van der Waals surface area contributed by atoms with E-state index in [-0.39, 0.29) is 12.5 Å². The number of anilines is 3. The highest BCUT2D eigenvalue weighted by molar-refractivity contribution is 5.77. The topological polar surface area (TPSA) is 101 Å². The Balaban J connectivity index is 1.34. The second kappa shape index (κ2) is 9.86. The number of ether oxygens (including phenoxy) is 1. The monoisotopic (exact) mass is 378 g/mol. The minimum Gasteiger partial charge on any atom is -0.484 e. The summed E-state index contributed by atoms with van der Waals surface area (Å²) < 4.78 is 5.51. The molecule has 0 aliphatic rings. The van der Waals surface area contributed by atoms with E-state index in [4.69, 9.17) is 4.74 Å². The molecule has 0 aliphatic carbocycles. The minimum atomic E-state index is -0.174. The van der Waals surface area contributed by atoms with Crippen molar-refractivity contribution in [3.8, 4) is 5.75 Å². The second-order valence-electron chi connectivity index (χ2n) is 6.00. The zero-order valence-electron chi connectivity index (χ0n) is 15.6. The van der Waals surface area contributed by atoms with Crippen molar-refractivity contribution in [2.45, 2.75) is 6.92 Å². The van der Waals surface area contributed by atoms with Crippen LogP contribution in [0, 0.1) is 6.92 Å². The molecule has 28 heavy (non-hydrogen) atoms. The Labute approximate surface area is 163 Å². The van der Waals surface area contributed by atoms with Gasteiger partial charge in [0.1, 0.15) is 11.6 Å². The Morgan fingerprint density at radius 2 is 1.82 bits per heavy atom. The maximum atomic E-state index is 11.9. The molecule has 2 heterocycles. The van der Waals surface area contributed by atoms with E-state index in [1.165, 1.54) is 0 Å². The number of hydrogen-bond acceptors (Lipinski definition) is 7. The number of carbonyl (C=O) groups excluding carboxylic acids is 1. The number of pyridine rings is 1. The number of rotatable bonds is 9. The van der Waals surface area contributed by atoms with Crippen LogP contribution in [0.2, 0.25) is 0 Å². The molecule has 144 valence electrons. The highest BCUT2D eigenvalue weighted by atomic mass is 16.5. The van der Waals surface area contributed by atoms with Gasteiger partial charge in [-0.2, -0.15) is 0 Å². The molecular weight excluding hydrogens is 356 g/mol. The van der Waals surface area contributed by atoms with Gasteiger partial charge in [0, 0.05) is 19.3 Å². The van der Waals surface area contributed by atoms with Crippen LogP contribution >= 0.6 is 0 Å². The number of amides is 1. The molecule has 3 aromatic rings. The average Bonchev–Trinajstić information content (AvgIpc) is 2.72. The van der Waals surface area contributed by atoms with Gasteiger partial charge in [0.25, 0.3) is 5.91 Å². The van der Waals surface area contributed by atoms with E-state index in [1.54, 1.807) is 12.4 Å². The summed E-state index contributed by atoms with van der Waals surface area (Å²) in [4.78, 5) is 15.9. The Morgan fingerprint density at radius 1 is 1.00 bits per heavy atom. The van der Waals surface area contributed by atoms with Crippen LogP contribution in [0.1, 0.15) is 5.56 Å². The molecule has 0 aliphatic heterocycles. The Bertz CT molecular complexity index is 887. The maximum Gasteiger partial charge on any atom is 0.258 e. The van der Waals surface area contributed by atoms with Gasteiger partial charge in [-0.25, -0.2) is 0 Å². The van der Waals surface area contributed by atoms with Gasteiger partial charge in [-0.15, -0.1) is 10.2 Å². The van der Waals surface area contributed by atoms with Gasteiger partial charge >= 0.3 is 0 Å². The zero-order chi connectivity index (χ0) is 19.6. The molecule has 8 heteroatoms. The van der Waals surface area contributed by atoms with Crippen molar-refractivity contribution in [2.24, 2.45) is 0 Å². The smallest absolute Gasteiger partial charge is 0.258 e. The summed E-state index contributed by atoms with van der Waals surface area (Å²) in [6.45, 7) is 2.91. The quantitative estimate of drug-likeness (QED) is 0.492. The molecule has 2 aromatic heterocycles. The Hall–Kier alpha value is -3.68. The van der Waals surface area contributed by atoms with Crippen LogP contribution in [0.25, 0.3) is 0 Å². The van der Waals surface area contributed by atoms with E-state index < -0.39 is 0 Å². The van der Waals surface area contributed by atoms with Crippen LogP contribution < -0.4 is 20.7 Å². The molecule has 0 spiro atoms. The molecule has 0 saturated heterocycles. The van der Waals surface area contributed by atoms with Gasteiger partial charge in [-0.3, -0.25) is 9.78 Å². The van der Waals surface area contributed by atoms with Gasteiger partial charge in [0.2, 0.25) is 0 Å². The fraction of sp³-hybridized carbons (Fsp3) is 0.200. The van der Waals surface area contributed by atoms with E-state index in [2.05, 4.69) is 31.1 Å². The molecule has 1 amide bonds. The summed E-state index contributed by atoms with van der Waals surface area (Å²) in [7, 11) is 0. The van der Waals surface area contributed by atoms with Crippen molar-refractivity contribution >= 4 is 23.2 Å². The predicted molar refractivity (Wildman–Crippen MR) is 108 cm³/mol. The van der Waals surface area contributed by atoms with Crippen LogP contribution in [0.15, 0.2) is 60.9 Å². The molecule has 0 bridgehead atoms. The van der Waals surface area contributed by atoms with E-state index in [0.29, 0.717) is 30.5 Å². The molecule has 3 rings (SSSR count). The van der Waals surface area contributed by atoms with Gasteiger partial charge in [0.05, 0.1) is 11.9 Å². The van der Waals surface area contributed by atoms with E-state index in [9.17, 15) is 4.79 Å². The van der Waals surface area contributed by atoms with Crippen molar-refractivity contribution in [3.05, 3.63) is 66.5 Å². The second-order valence-corrected chi connectivity index (χ2v) is 6.00. The first-order valence-electron chi connectivity index (χ1n) is 8.90. The summed E-state index contributed by atoms with van der Waals surface area (Å²) in [6, 6.07) is 15.0. The van der Waals surface area contributed by atoms with Crippen LogP contribution in [0.4, 0.5) is 17.3 Å². The van der Waals surface area contributed by atoms with Crippen LogP contribution in [-0.4, -0.2) is 40.8 Å². The highest BCUT2D eigenvalue weighted by Crippen LogP contribution is 2.15. The van der Waals surface area contributed by atoms with Gasteiger partial charge in [-0.1, -0.05) is 18.2 Å². The molecule has 1 aromatic carbocycles. The average molecular weight is 378 g/mol. The van der Waals surface area contributed by atoms with E-state index in [1.807, 2.05) is 55.5 Å². The first kappa shape index (κ1) is 19.1. The molecule has 0 saturated carbocycles. The van der Waals surface area contributed by atoms with Crippen molar-refractivity contribution in [1.29, 1.82) is 0 Å². The number of hydrogen-bond donors (Lipinski definition) is 3. The minimum absolute atomic E-state index is 0.0145. The van der Waals surface area contributed by atoms with Crippen molar-refractivity contribution in [3.63, 3.8) is 0 Å². The number of aryl methyl sites for hydroxylation is 1. The summed E-state index contributed by atoms with van der Waals surface area (Å²) in [5.41, 5.74) is 1.84. The lowest BCUT2D eigenvalue weighted by Gasteiger charge is -2.10. The summed E-state index contributed by atoms with van der Waals surface area (Å²) in [5, 5.41) is 17.2. The molecular formula is C20H22N6O2. The first-order valence-corrected chi connectivity index (χ1v) is 8.90. The summed E-state index contributed by atoms with van der Waals surface area (Å²) in [5.74, 6) is 1.79. The number of nitrogens with one attached hydrogen (secondary N) is 3. The molecule has 0 atom stereocenters. The molecule has 0 fully saturated rings. The van der Waals surface area contributed by atoms with Gasteiger partial charge in [0.15, 0.2) is 12.4 Å². The first-order chi connectivity index (χ1) is 13.7. The third-order valence-electron chi connectivity index (χ3n) is 3.80. The SMILES string of the molecule is Cc1ccccc1OCC(=O)NCCNc1ccc(Nc2cccnc2)nn1. The molecule has 3 N–H and O–H groups in total. The Morgan fingerprint density at radius 3 is 2.57 bits per heavy atom. The predicted octanol–water partition coefficient (Wildman–Crippen LogP) is 2.53.